The van der Waals surface area contributed by atoms with Crippen LogP contribution in [0.4, 0.5) is 5.82 Å². The SMILES string of the molecule is COc1ccc(-n2nnc(C(=S)N3CCCC3)c2N)cc1. The Balaban J connectivity index is 1.89. The summed E-state index contributed by atoms with van der Waals surface area (Å²) < 4.78 is 6.74. The lowest BCUT2D eigenvalue weighted by atomic mass is 10.3. The summed E-state index contributed by atoms with van der Waals surface area (Å²) in [6.07, 6.45) is 2.32. The highest BCUT2D eigenvalue weighted by Gasteiger charge is 2.22. The van der Waals surface area contributed by atoms with Gasteiger partial charge in [-0.25, -0.2) is 0 Å². The maximum atomic E-state index is 6.17. The number of thiocarbonyl (C=S) groups is 1. The molecule has 3 rings (SSSR count). The molecule has 1 aromatic heterocycles. The average molecular weight is 303 g/mol. The molecule has 2 heterocycles. The van der Waals surface area contributed by atoms with Gasteiger partial charge in [-0.1, -0.05) is 17.4 Å². The second-order valence-corrected chi connectivity index (χ2v) is 5.32. The van der Waals surface area contributed by atoms with Gasteiger partial charge in [0.1, 0.15) is 10.7 Å². The Bertz CT molecular complexity index is 646. The van der Waals surface area contributed by atoms with E-state index in [1.54, 1.807) is 11.8 Å². The minimum atomic E-state index is 0.470. The van der Waals surface area contributed by atoms with Gasteiger partial charge in [-0.15, -0.1) is 5.10 Å². The van der Waals surface area contributed by atoms with Crippen LogP contribution in [-0.4, -0.2) is 45.1 Å². The fraction of sp³-hybridized carbons (Fsp3) is 0.357. The Morgan fingerprint density at radius 3 is 2.52 bits per heavy atom. The fourth-order valence-electron chi connectivity index (χ4n) is 2.43. The molecule has 0 amide bonds. The molecule has 2 aromatic rings. The van der Waals surface area contributed by atoms with Crippen LogP contribution >= 0.6 is 12.2 Å². The van der Waals surface area contributed by atoms with Gasteiger partial charge in [0.15, 0.2) is 11.5 Å². The van der Waals surface area contributed by atoms with Gasteiger partial charge in [-0.3, -0.25) is 0 Å². The smallest absolute Gasteiger partial charge is 0.164 e. The first kappa shape index (κ1) is 13.8. The van der Waals surface area contributed by atoms with Crippen LogP contribution in [0.15, 0.2) is 24.3 Å². The molecule has 1 aliphatic rings. The van der Waals surface area contributed by atoms with Crippen LogP contribution in [0, 0.1) is 0 Å². The van der Waals surface area contributed by atoms with Gasteiger partial charge in [0.25, 0.3) is 0 Å². The predicted molar refractivity (Wildman–Crippen MR) is 84.8 cm³/mol. The van der Waals surface area contributed by atoms with E-state index in [-0.39, 0.29) is 0 Å². The third-order valence-electron chi connectivity index (χ3n) is 3.62. The number of nitrogen functional groups attached to an aromatic ring is 1. The molecule has 1 aromatic carbocycles. The van der Waals surface area contributed by atoms with E-state index in [2.05, 4.69) is 15.2 Å². The van der Waals surface area contributed by atoms with E-state index in [0.29, 0.717) is 16.5 Å². The Kier molecular flexibility index (Phi) is 3.74. The zero-order valence-electron chi connectivity index (χ0n) is 11.8. The standard InChI is InChI=1S/C14H17N5OS/c1-20-11-6-4-10(5-7-11)19-13(15)12(16-17-19)14(21)18-8-2-3-9-18/h4-7H,2-3,8-9,15H2,1H3. The summed E-state index contributed by atoms with van der Waals surface area (Å²) in [5.74, 6) is 1.25. The summed E-state index contributed by atoms with van der Waals surface area (Å²) in [6, 6.07) is 7.48. The molecule has 21 heavy (non-hydrogen) atoms. The van der Waals surface area contributed by atoms with Crippen molar-refractivity contribution < 1.29 is 4.74 Å². The molecular weight excluding hydrogens is 286 g/mol. The Hall–Kier alpha value is -2.15. The fourth-order valence-corrected chi connectivity index (χ4v) is 2.75. The van der Waals surface area contributed by atoms with E-state index < -0.39 is 0 Å². The van der Waals surface area contributed by atoms with Crippen molar-refractivity contribution in [2.24, 2.45) is 0 Å². The molecule has 0 saturated carbocycles. The number of methoxy groups -OCH3 is 1. The minimum Gasteiger partial charge on any atom is -0.497 e. The number of hydrogen-bond donors (Lipinski definition) is 1. The first-order valence-electron chi connectivity index (χ1n) is 6.85. The molecule has 1 fully saturated rings. The van der Waals surface area contributed by atoms with Crippen LogP contribution in [0.5, 0.6) is 5.75 Å². The van der Waals surface area contributed by atoms with Crippen molar-refractivity contribution in [2.75, 3.05) is 25.9 Å². The molecule has 0 bridgehead atoms. The topological polar surface area (TPSA) is 69.2 Å². The van der Waals surface area contributed by atoms with E-state index >= 15 is 0 Å². The van der Waals surface area contributed by atoms with Gasteiger partial charge in [-0.2, -0.15) is 4.68 Å². The summed E-state index contributed by atoms with van der Waals surface area (Å²) in [6.45, 7) is 1.93. The molecule has 0 unspecified atom stereocenters. The number of aromatic nitrogens is 3. The molecule has 0 aliphatic carbocycles. The van der Waals surface area contributed by atoms with Crippen LogP contribution < -0.4 is 10.5 Å². The molecule has 0 atom stereocenters. The van der Waals surface area contributed by atoms with Crippen molar-refractivity contribution in [1.29, 1.82) is 0 Å². The van der Waals surface area contributed by atoms with E-state index in [0.717, 1.165) is 37.4 Å². The van der Waals surface area contributed by atoms with Crippen LogP contribution in [0.25, 0.3) is 5.69 Å². The van der Waals surface area contributed by atoms with Gasteiger partial charge in [0.2, 0.25) is 0 Å². The molecule has 1 aliphatic heterocycles. The maximum Gasteiger partial charge on any atom is 0.164 e. The number of anilines is 1. The summed E-state index contributed by atoms with van der Waals surface area (Å²) in [5.41, 5.74) is 7.58. The first-order valence-corrected chi connectivity index (χ1v) is 7.26. The third-order valence-corrected chi connectivity index (χ3v) is 4.07. The average Bonchev–Trinajstić information content (AvgIpc) is 3.16. The van der Waals surface area contributed by atoms with Gasteiger partial charge >= 0.3 is 0 Å². The quantitative estimate of drug-likeness (QED) is 0.869. The van der Waals surface area contributed by atoms with Crippen molar-refractivity contribution >= 4 is 23.0 Å². The Morgan fingerprint density at radius 2 is 1.90 bits per heavy atom. The van der Waals surface area contributed by atoms with Crippen molar-refractivity contribution in [3.05, 3.63) is 30.0 Å². The monoisotopic (exact) mass is 303 g/mol. The van der Waals surface area contributed by atoms with Crippen molar-refractivity contribution in [3.63, 3.8) is 0 Å². The van der Waals surface area contributed by atoms with E-state index in [1.165, 1.54) is 0 Å². The van der Waals surface area contributed by atoms with E-state index in [1.807, 2.05) is 24.3 Å². The van der Waals surface area contributed by atoms with Gasteiger partial charge < -0.3 is 15.4 Å². The highest BCUT2D eigenvalue weighted by Crippen LogP contribution is 2.21. The number of ether oxygens (including phenoxy) is 1. The second kappa shape index (κ2) is 5.69. The zero-order chi connectivity index (χ0) is 14.8. The summed E-state index contributed by atoms with van der Waals surface area (Å²) in [7, 11) is 1.63. The zero-order valence-corrected chi connectivity index (χ0v) is 12.6. The number of nitrogens with zero attached hydrogens (tertiary/aromatic N) is 4. The summed E-state index contributed by atoms with van der Waals surface area (Å²) in [4.78, 5) is 2.82. The largest absolute Gasteiger partial charge is 0.497 e. The number of likely N-dealkylation sites (tertiary alicyclic amines) is 1. The van der Waals surface area contributed by atoms with Gasteiger partial charge in [-0.05, 0) is 37.1 Å². The van der Waals surface area contributed by atoms with Gasteiger partial charge in [0, 0.05) is 13.1 Å². The summed E-state index contributed by atoms with van der Waals surface area (Å²) in [5, 5.41) is 8.27. The number of nitrogens with two attached hydrogens (primary N) is 1. The minimum absolute atomic E-state index is 0.470. The van der Waals surface area contributed by atoms with E-state index in [4.69, 9.17) is 22.7 Å². The second-order valence-electron chi connectivity index (χ2n) is 4.93. The predicted octanol–water partition coefficient (Wildman–Crippen LogP) is 1.63. The Labute approximate surface area is 128 Å². The number of hydrogen-bond acceptors (Lipinski definition) is 5. The molecule has 6 nitrogen and oxygen atoms in total. The molecule has 2 N–H and O–H groups in total. The van der Waals surface area contributed by atoms with Crippen molar-refractivity contribution in [1.82, 2.24) is 19.9 Å². The lowest BCUT2D eigenvalue weighted by molar-refractivity contribution is 0.414. The maximum absolute atomic E-state index is 6.17. The number of rotatable bonds is 3. The van der Waals surface area contributed by atoms with Crippen LogP contribution in [0.1, 0.15) is 18.5 Å². The van der Waals surface area contributed by atoms with Crippen molar-refractivity contribution in [3.8, 4) is 11.4 Å². The highest BCUT2D eigenvalue weighted by atomic mass is 32.1. The van der Waals surface area contributed by atoms with Crippen molar-refractivity contribution in [2.45, 2.75) is 12.8 Å². The molecule has 0 spiro atoms. The van der Waals surface area contributed by atoms with Gasteiger partial charge in [0.05, 0.1) is 12.8 Å². The van der Waals surface area contributed by atoms with E-state index in [9.17, 15) is 0 Å². The highest BCUT2D eigenvalue weighted by molar-refractivity contribution is 7.80. The molecule has 110 valence electrons. The normalized spacial score (nSPS) is 14.4. The molecule has 0 radical (unpaired) electrons. The molecular formula is C14H17N5OS. The molecule has 7 heteroatoms. The third kappa shape index (κ3) is 2.56. The van der Waals surface area contributed by atoms with Crippen LogP contribution in [0.3, 0.4) is 0 Å². The molecule has 1 saturated heterocycles. The lowest BCUT2D eigenvalue weighted by Crippen LogP contribution is -2.27. The van der Waals surface area contributed by atoms with Crippen LogP contribution in [-0.2, 0) is 0 Å². The summed E-state index contributed by atoms with van der Waals surface area (Å²) >= 11 is 5.48. The first-order chi connectivity index (χ1) is 10.2. The number of benzene rings is 1. The van der Waals surface area contributed by atoms with Crippen LogP contribution in [0.2, 0.25) is 0 Å². The lowest BCUT2D eigenvalue weighted by Gasteiger charge is -2.16. The Morgan fingerprint density at radius 1 is 1.24 bits per heavy atom.